The Balaban J connectivity index is 2.26. The van der Waals surface area contributed by atoms with Crippen molar-refractivity contribution in [2.45, 2.75) is 12.5 Å². The molecule has 0 aromatic heterocycles. The molecule has 0 amide bonds. The van der Waals surface area contributed by atoms with Gasteiger partial charge in [-0.3, -0.25) is 4.79 Å². The summed E-state index contributed by atoms with van der Waals surface area (Å²) in [6.45, 7) is 0.308. The number of hydrogen-bond donors (Lipinski definition) is 3. The lowest BCUT2D eigenvalue weighted by Crippen LogP contribution is -2.17. The fourth-order valence-electron chi connectivity index (χ4n) is 2.15. The summed E-state index contributed by atoms with van der Waals surface area (Å²) in [6, 6.07) is 2.00. The van der Waals surface area contributed by atoms with Crippen LogP contribution in [-0.2, 0) is 4.79 Å². The molecule has 0 spiro atoms. The topological polar surface area (TPSA) is 78.8 Å². The van der Waals surface area contributed by atoms with Crippen LogP contribution in [0.2, 0.25) is 0 Å². The van der Waals surface area contributed by atoms with Crippen LogP contribution in [0.25, 0.3) is 0 Å². The maximum atomic E-state index is 13.7. The highest BCUT2D eigenvalue weighted by molar-refractivity contribution is 5.70. The molecule has 0 bridgehead atoms. The van der Waals surface area contributed by atoms with Gasteiger partial charge in [-0.05, 0) is 12.5 Å². The molecule has 0 saturated carbocycles. The highest BCUT2D eigenvalue weighted by atomic mass is 19.1. The molecule has 1 aromatic rings. The average Bonchev–Trinajstić information content (AvgIpc) is 2.78. The molecule has 3 N–H and O–H groups in total. The standard InChI is InChI=1S/C12H14FNO4/c1-18-11-3-7(8(13)4-10(11)15)9-2-6(5-14-9)12(16)17/h3-4,6,9,14-15H,2,5H2,1H3,(H,16,17). The zero-order valence-corrected chi connectivity index (χ0v) is 9.81. The fourth-order valence-corrected chi connectivity index (χ4v) is 2.15. The second-order valence-corrected chi connectivity index (χ2v) is 4.28. The summed E-state index contributed by atoms with van der Waals surface area (Å²) < 4.78 is 18.7. The lowest BCUT2D eigenvalue weighted by Gasteiger charge is -2.14. The number of phenols is 1. The molecule has 2 atom stereocenters. The van der Waals surface area contributed by atoms with Gasteiger partial charge in [0.1, 0.15) is 5.82 Å². The van der Waals surface area contributed by atoms with E-state index in [1.807, 2.05) is 0 Å². The maximum Gasteiger partial charge on any atom is 0.307 e. The number of methoxy groups -OCH3 is 1. The maximum absolute atomic E-state index is 13.7. The second kappa shape index (κ2) is 4.81. The van der Waals surface area contributed by atoms with Crippen molar-refractivity contribution in [1.82, 2.24) is 5.32 Å². The monoisotopic (exact) mass is 255 g/mol. The minimum Gasteiger partial charge on any atom is -0.504 e. The number of nitrogens with one attached hydrogen (secondary N) is 1. The number of carbonyl (C=O) groups is 1. The first-order chi connectivity index (χ1) is 8.52. The molecule has 1 heterocycles. The molecule has 98 valence electrons. The quantitative estimate of drug-likeness (QED) is 0.758. The van der Waals surface area contributed by atoms with Gasteiger partial charge in [0.2, 0.25) is 0 Å². The average molecular weight is 255 g/mol. The molecule has 0 radical (unpaired) electrons. The van der Waals surface area contributed by atoms with Crippen LogP contribution in [0.15, 0.2) is 12.1 Å². The Bertz CT molecular complexity index is 477. The van der Waals surface area contributed by atoms with E-state index in [9.17, 15) is 14.3 Å². The first kappa shape index (κ1) is 12.6. The molecular formula is C12H14FNO4. The number of aliphatic carboxylic acids is 1. The van der Waals surface area contributed by atoms with Crippen LogP contribution in [0.4, 0.5) is 4.39 Å². The number of halogens is 1. The molecule has 1 aliphatic rings. The van der Waals surface area contributed by atoms with Gasteiger partial charge in [0.15, 0.2) is 11.5 Å². The van der Waals surface area contributed by atoms with Crippen LogP contribution in [0, 0.1) is 11.7 Å². The van der Waals surface area contributed by atoms with Crippen molar-refractivity contribution < 1.29 is 24.1 Å². The number of carboxylic acids is 1. The van der Waals surface area contributed by atoms with E-state index in [2.05, 4.69) is 5.32 Å². The predicted molar refractivity (Wildman–Crippen MR) is 61.1 cm³/mol. The van der Waals surface area contributed by atoms with Crippen LogP contribution in [0.5, 0.6) is 11.5 Å². The number of carboxylic acid groups (broad SMARTS) is 1. The summed E-state index contributed by atoms with van der Waals surface area (Å²) >= 11 is 0. The SMILES string of the molecule is COc1cc(C2CC(C(=O)O)CN2)c(F)cc1O. The van der Waals surface area contributed by atoms with Gasteiger partial charge in [-0.15, -0.1) is 0 Å². The summed E-state index contributed by atoms with van der Waals surface area (Å²) in [5, 5.41) is 21.3. The Morgan fingerprint density at radius 3 is 2.83 bits per heavy atom. The summed E-state index contributed by atoms with van der Waals surface area (Å²) in [4.78, 5) is 10.8. The van der Waals surface area contributed by atoms with E-state index in [1.54, 1.807) is 0 Å². The molecule has 2 rings (SSSR count). The second-order valence-electron chi connectivity index (χ2n) is 4.28. The van der Waals surface area contributed by atoms with E-state index >= 15 is 0 Å². The molecule has 6 heteroatoms. The molecular weight excluding hydrogens is 241 g/mol. The minimum absolute atomic E-state index is 0.173. The van der Waals surface area contributed by atoms with Crippen molar-refractivity contribution in [3.05, 3.63) is 23.5 Å². The molecule has 1 fully saturated rings. The zero-order valence-electron chi connectivity index (χ0n) is 9.81. The molecule has 0 aliphatic carbocycles. The van der Waals surface area contributed by atoms with E-state index in [0.717, 1.165) is 6.07 Å². The highest BCUT2D eigenvalue weighted by Crippen LogP contribution is 2.35. The van der Waals surface area contributed by atoms with Gasteiger partial charge in [-0.2, -0.15) is 0 Å². The molecule has 18 heavy (non-hydrogen) atoms. The van der Waals surface area contributed by atoms with E-state index in [4.69, 9.17) is 9.84 Å². The van der Waals surface area contributed by atoms with Crippen molar-refractivity contribution in [2.75, 3.05) is 13.7 Å². The smallest absolute Gasteiger partial charge is 0.307 e. The van der Waals surface area contributed by atoms with E-state index < -0.39 is 17.7 Å². The Morgan fingerprint density at radius 1 is 1.56 bits per heavy atom. The fraction of sp³-hybridized carbons (Fsp3) is 0.417. The third kappa shape index (κ3) is 2.24. The summed E-state index contributed by atoms with van der Waals surface area (Å²) in [6.07, 6.45) is 0.320. The predicted octanol–water partition coefficient (Wildman–Crippen LogP) is 1.28. The number of hydrogen-bond acceptors (Lipinski definition) is 4. The van der Waals surface area contributed by atoms with Crippen molar-refractivity contribution in [3.63, 3.8) is 0 Å². The number of benzene rings is 1. The van der Waals surface area contributed by atoms with Gasteiger partial charge in [0, 0.05) is 24.2 Å². The van der Waals surface area contributed by atoms with Gasteiger partial charge < -0.3 is 20.3 Å². The zero-order chi connectivity index (χ0) is 13.3. The first-order valence-electron chi connectivity index (χ1n) is 5.55. The van der Waals surface area contributed by atoms with Crippen LogP contribution in [0.1, 0.15) is 18.0 Å². The van der Waals surface area contributed by atoms with E-state index in [1.165, 1.54) is 13.2 Å². The molecule has 1 aromatic carbocycles. The minimum atomic E-state index is -0.892. The van der Waals surface area contributed by atoms with Crippen LogP contribution >= 0.6 is 0 Å². The summed E-state index contributed by atoms with van der Waals surface area (Å²) in [5.74, 6) is -2.08. The Kier molecular flexibility index (Phi) is 3.38. The van der Waals surface area contributed by atoms with Crippen molar-refractivity contribution in [3.8, 4) is 11.5 Å². The summed E-state index contributed by atoms with van der Waals surface area (Å²) in [5.41, 5.74) is 0.313. The normalized spacial score (nSPS) is 23.0. The summed E-state index contributed by atoms with van der Waals surface area (Å²) in [7, 11) is 1.37. The largest absolute Gasteiger partial charge is 0.504 e. The van der Waals surface area contributed by atoms with Gasteiger partial charge in [-0.1, -0.05) is 0 Å². The number of phenolic OH excluding ortho intramolecular Hbond substituents is 1. The highest BCUT2D eigenvalue weighted by Gasteiger charge is 2.32. The molecule has 5 nitrogen and oxygen atoms in total. The molecule has 1 aliphatic heterocycles. The molecule has 1 saturated heterocycles. The van der Waals surface area contributed by atoms with Gasteiger partial charge in [-0.25, -0.2) is 4.39 Å². The lowest BCUT2D eigenvalue weighted by atomic mass is 9.99. The van der Waals surface area contributed by atoms with Crippen LogP contribution in [0.3, 0.4) is 0 Å². The first-order valence-corrected chi connectivity index (χ1v) is 5.55. The third-order valence-electron chi connectivity index (χ3n) is 3.15. The van der Waals surface area contributed by atoms with Crippen molar-refractivity contribution in [2.24, 2.45) is 5.92 Å². The van der Waals surface area contributed by atoms with Gasteiger partial charge >= 0.3 is 5.97 Å². The number of aromatic hydroxyl groups is 1. The Hall–Kier alpha value is -1.82. The van der Waals surface area contributed by atoms with Gasteiger partial charge in [0.25, 0.3) is 0 Å². The molecule has 2 unspecified atom stereocenters. The number of rotatable bonds is 3. The van der Waals surface area contributed by atoms with Crippen LogP contribution in [-0.4, -0.2) is 29.8 Å². The van der Waals surface area contributed by atoms with Crippen molar-refractivity contribution in [1.29, 1.82) is 0 Å². The lowest BCUT2D eigenvalue weighted by molar-refractivity contribution is -0.141. The van der Waals surface area contributed by atoms with E-state index in [-0.39, 0.29) is 17.5 Å². The van der Waals surface area contributed by atoms with Crippen LogP contribution < -0.4 is 10.1 Å². The Morgan fingerprint density at radius 2 is 2.28 bits per heavy atom. The number of ether oxygens (including phenoxy) is 1. The Labute approximate surface area is 103 Å². The van der Waals surface area contributed by atoms with Gasteiger partial charge in [0.05, 0.1) is 13.0 Å². The van der Waals surface area contributed by atoms with Crippen molar-refractivity contribution >= 4 is 5.97 Å². The third-order valence-corrected chi connectivity index (χ3v) is 3.15. The van der Waals surface area contributed by atoms with E-state index in [0.29, 0.717) is 18.5 Å².